The molecule has 4 heteroatoms. The van der Waals surface area contributed by atoms with Crippen LogP contribution in [0.15, 0.2) is 48.9 Å². The second-order valence-electron chi connectivity index (χ2n) is 4.07. The van der Waals surface area contributed by atoms with E-state index in [-0.39, 0.29) is 5.78 Å². The molecule has 18 heavy (non-hydrogen) atoms. The first-order chi connectivity index (χ1) is 8.75. The number of rotatable bonds is 2. The van der Waals surface area contributed by atoms with Gasteiger partial charge in [-0.15, -0.1) is 0 Å². The van der Waals surface area contributed by atoms with Crippen LogP contribution in [0.1, 0.15) is 17.3 Å². The Balaban J connectivity index is 2.12. The highest BCUT2D eigenvalue weighted by molar-refractivity contribution is 5.94. The van der Waals surface area contributed by atoms with Crippen LogP contribution in [0, 0.1) is 0 Å². The fourth-order valence-electron chi connectivity index (χ4n) is 1.92. The number of Topliss-reactive ketones (excluding diaryl/α,β-unsaturated/α-hetero) is 1. The highest BCUT2D eigenvalue weighted by Crippen LogP contribution is 2.20. The molecule has 0 aliphatic carbocycles. The zero-order valence-electron chi connectivity index (χ0n) is 9.87. The summed E-state index contributed by atoms with van der Waals surface area (Å²) in [7, 11) is 0. The lowest BCUT2D eigenvalue weighted by molar-refractivity contribution is 0.101. The summed E-state index contributed by atoms with van der Waals surface area (Å²) in [5.74, 6) is 0.740. The molecule has 0 radical (unpaired) electrons. The molecule has 1 aromatic carbocycles. The number of aromatic nitrogens is 3. The van der Waals surface area contributed by atoms with E-state index in [1.54, 1.807) is 19.3 Å². The third-order valence-electron chi connectivity index (χ3n) is 2.88. The first-order valence-electron chi connectivity index (χ1n) is 5.65. The van der Waals surface area contributed by atoms with Crippen molar-refractivity contribution in [1.29, 1.82) is 0 Å². The predicted octanol–water partition coefficient (Wildman–Crippen LogP) is 2.60. The summed E-state index contributed by atoms with van der Waals surface area (Å²) in [5.41, 5.74) is 2.69. The van der Waals surface area contributed by atoms with E-state index < -0.39 is 0 Å². The quantitative estimate of drug-likeness (QED) is 0.643. The van der Waals surface area contributed by atoms with Gasteiger partial charge in [0.15, 0.2) is 5.78 Å². The molecule has 0 aliphatic rings. The number of benzene rings is 1. The van der Waals surface area contributed by atoms with E-state index in [9.17, 15) is 4.79 Å². The van der Waals surface area contributed by atoms with Gasteiger partial charge >= 0.3 is 0 Å². The number of nitrogens with zero attached hydrogens (tertiary/aromatic N) is 3. The molecule has 3 rings (SSSR count). The number of imidazole rings is 1. The van der Waals surface area contributed by atoms with E-state index in [0.717, 1.165) is 11.3 Å². The van der Waals surface area contributed by atoms with Gasteiger partial charge in [-0.2, -0.15) is 0 Å². The summed E-state index contributed by atoms with van der Waals surface area (Å²) in [6.45, 7) is 1.56. The zero-order chi connectivity index (χ0) is 12.5. The highest BCUT2D eigenvalue weighted by Gasteiger charge is 2.06. The molecular formula is C14H11N3O. The SMILES string of the molecule is CC(=O)c1ccc(-c2cnc3ncccn23)cc1. The molecule has 0 bridgehead atoms. The van der Waals surface area contributed by atoms with Gasteiger partial charge in [0.2, 0.25) is 5.78 Å². The van der Waals surface area contributed by atoms with Gasteiger partial charge in [-0.05, 0) is 13.0 Å². The van der Waals surface area contributed by atoms with E-state index in [2.05, 4.69) is 9.97 Å². The molecule has 0 atom stereocenters. The second kappa shape index (κ2) is 4.07. The van der Waals surface area contributed by atoms with Gasteiger partial charge in [-0.25, -0.2) is 9.97 Å². The molecule has 0 saturated heterocycles. The third-order valence-corrected chi connectivity index (χ3v) is 2.88. The minimum absolute atomic E-state index is 0.0707. The molecule has 0 amide bonds. The van der Waals surface area contributed by atoms with Gasteiger partial charge in [0.05, 0.1) is 11.9 Å². The molecule has 0 saturated carbocycles. The normalized spacial score (nSPS) is 10.7. The van der Waals surface area contributed by atoms with Crippen LogP contribution in [0.2, 0.25) is 0 Å². The lowest BCUT2D eigenvalue weighted by Crippen LogP contribution is -1.92. The highest BCUT2D eigenvalue weighted by atomic mass is 16.1. The summed E-state index contributed by atoms with van der Waals surface area (Å²) in [5, 5.41) is 0. The molecule has 0 N–H and O–H groups in total. The maximum atomic E-state index is 11.2. The summed E-state index contributed by atoms with van der Waals surface area (Å²) in [6.07, 6.45) is 5.42. The van der Waals surface area contributed by atoms with E-state index in [0.29, 0.717) is 11.3 Å². The Labute approximate surface area is 104 Å². The monoisotopic (exact) mass is 237 g/mol. The summed E-state index contributed by atoms with van der Waals surface area (Å²) in [4.78, 5) is 19.6. The fourth-order valence-corrected chi connectivity index (χ4v) is 1.92. The summed E-state index contributed by atoms with van der Waals surface area (Å²) >= 11 is 0. The van der Waals surface area contributed by atoms with E-state index in [4.69, 9.17) is 0 Å². The van der Waals surface area contributed by atoms with Gasteiger partial charge in [-0.1, -0.05) is 24.3 Å². The zero-order valence-corrected chi connectivity index (χ0v) is 9.87. The molecule has 0 unspecified atom stereocenters. The molecule has 88 valence electrons. The van der Waals surface area contributed by atoms with Crippen molar-refractivity contribution in [1.82, 2.24) is 14.4 Å². The minimum atomic E-state index is 0.0707. The molecule has 0 aliphatic heterocycles. The van der Waals surface area contributed by atoms with Crippen LogP contribution < -0.4 is 0 Å². The van der Waals surface area contributed by atoms with E-state index in [1.165, 1.54) is 0 Å². The standard InChI is InChI=1S/C14H11N3O/c1-10(18)11-3-5-12(6-4-11)13-9-16-14-15-7-2-8-17(13)14/h2-9H,1H3. The van der Waals surface area contributed by atoms with Crippen molar-refractivity contribution < 1.29 is 4.79 Å². The Morgan fingerprint density at radius 2 is 1.94 bits per heavy atom. The molecule has 0 spiro atoms. The number of hydrogen-bond donors (Lipinski definition) is 0. The summed E-state index contributed by atoms with van der Waals surface area (Å²) in [6, 6.07) is 9.36. The smallest absolute Gasteiger partial charge is 0.234 e. The van der Waals surface area contributed by atoms with Gasteiger partial charge in [0.1, 0.15) is 0 Å². The molecule has 0 fully saturated rings. The second-order valence-corrected chi connectivity index (χ2v) is 4.07. The molecule has 2 heterocycles. The van der Waals surface area contributed by atoms with Crippen molar-refractivity contribution in [2.45, 2.75) is 6.92 Å². The fraction of sp³-hybridized carbons (Fsp3) is 0.0714. The third kappa shape index (κ3) is 1.68. The molecule has 2 aromatic heterocycles. The first kappa shape index (κ1) is 10.7. The van der Waals surface area contributed by atoms with Crippen molar-refractivity contribution in [3.63, 3.8) is 0 Å². The Bertz CT molecular complexity index is 713. The Hall–Kier alpha value is -2.49. The molecule has 3 aromatic rings. The van der Waals surface area contributed by atoms with Gasteiger partial charge < -0.3 is 0 Å². The molecule has 4 nitrogen and oxygen atoms in total. The maximum absolute atomic E-state index is 11.2. The van der Waals surface area contributed by atoms with Crippen LogP contribution in [0.5, 0.6) is 0 Å². The molecular weight excluding hydrogens is 226 g/mol. The van der Waals surface area contributed by atoms with Crippen molar-refractivity contribution in [2.75, 3.05) is 0 Å². The van der Waals surface area contributed by atoms with Crippen LogP contribution in [0.25, 0.3) is 17.0 Å². The Kier molecular flexibility index (Phi) is 2.41. The van der Waals surface area contributed by atoms with Crippen LogP contribution in [0.4, 0.5) is 0 Å². The number of ketones is 1. The van der Waals surface area contributed by atoms with Crippen molar-refractivity contribution in [3.05, 3.63) is 54.5 Å². The van der Waals surface area contributed by atoms with Crippen LogP contribution in [-0.2, 0) is 0 Å². The largest absolute Gasteiger partial charge is 0.295 e. The lowest BCUT2D eigenvalue weighted by Gasteiger charge is -2.02. The average molecular weight is 237 g/mol. The van der Waals surface area contributed by atoms with Gasteiger partial charge in [0, 0.05) is 23.5 Å². The average Bonchev–Trinajstić information content (AvgIpc) is 2.82. The number of carbonyl (C=O) groups excluding carboxylic acids is 1. The van der Waals surface area contributed by atoms with Crippen molar-refractivity contribution in [2.24, 2.45) is 0 Å². The maximum Gasteiger partial charge on any atom is 0.234 e. The predicted molar refractivity (Wildman–Crippen MR) is 68.4 cm³/mol. The van der Waals surface area contributed by atoms with Crippen molar-refractivity contribution >= 4 is 11.6 Å². The van der Waals surface area contributed by atoms with E-state index >= 15 is 0 Å². The van der Waals surface area contributed by atoms with Crippen LogP contribution in [-0.4, -0.2) is 20.2 Å². The van der Waals surface area contributed by atoms with Crippen molar-refractivity contribution in [3.8, 4) is 11.3 Å². The topological polar surface area (TPSA) is 47.3 Å². The van der Waals surface area contributed by atoms with E-state index in [1.807, 2.05) is 40.9 Å². The lowest BCUT2D eigenvalue weighted by atomic mass is 10.1. The Morgan fingerprint density at radius 1 is 1.17 bits per heavy atom. The number of carbonyl (C=O) groups is 1. The number of fused-ring (bicyclic) bond motifs is 1. The summed E-state index contributed by atoms with van der Waals surface area (Å²) < 4.78 is 1.92. The van der Waals surface area contributed by atoms with Crippen LogP contribution in [0.3, 0.4) is 0 Å². The van der Waals surface area contributed by atoms with Gasteiger partial charge in [0.25, 0.3) is 0 Å². The Morgan fingerprint density at radius 3 is 2.67 bits per heavy atom. The van der Waals surface area contributed by atoms with Gasteiger partial charge in [-0.3, -0.25) is 9.20 Å². The number of hydrogen-bond acceptors (Lipinski definition) is 3. The first-order valence-corrected chi connectivity index (χ1v) is 5.65. The minimum Gasteiger partial charge on any atom is -0.295 e. The van der Waals surface area contributed by atoms with Crippen LogP contribution >= 0.6 is 0 Å².